The van der Waals surface area contributed by atoms with Crippen molar-refractivity contribution in [1.29, 1.82) is 0 Å². The summed E-state index contributed by atoms with van der Waals surface area (Å²) in [7, 11) is 0. The number of aliphatic hydroxyl groups is 1. The average Bonchev–Trinajstić information content (AvgIpc) is 3.03. The second kappa shape index (κ2) is 5.97. The van der Waals surface area contributed by atoms with E-state index in [9.17, 15) is 14.7 Å². The number of carbonyl (C=O) groups is 1. The molecule has 2 aliphatic heterocycles. The van der Waals surface area contributed by atoms with Gasteiger partial charge in [-0.2, -0.15) is 0 Å². The van der Waals surface area contributed by atoms with Gasteiger partial charge in [-0.25, -0.2) is 0 Å². The van der Waals surface area contributed by atoms with Crippen molar-refractivity contribution in [3.63, 3.8) is 0 Å². The number of aryl methyl sites for hydroxylation is 1. The van der Waals surface area contributed by atoms with Crippen LogP contribution in [0.25, 0.3) is 0 Å². The number of ether oxygens (including phenoxy) is 2. The van der Waals surface area contributed by atoms with Crippen molar-refractivity contribution in [3.8, 4) is 0 Å². The molecule has 1 aromatic heterocycles. The van der Waals surface area contributed by atoms with Crippen LogP contribution < -0.4 is 10.9 Å². The predicted octanol–water partition coefficient (Wildman–Crippen LogP) is -1.12. The highest BCUT2D eigenvalue weighted by Gasteiger charge is 2.47. The topological polar surface area (TPSA) is 89.8 Å². The summed E-state index contributed by atoms with van der Waals surface area (Å²) in [6.07, 6.45) is 0.594. The lowest BCUT2D eigenvalue weighted by molar-refractivity contribution is -0.122. The molecule has 0 aliphatic carbocycles. The van der Waals surface area contributed by atoms with Crippen molar-refractivity contribution >= 4 is 5.91 Å². The van der Waals surface area contributed by atoms with Crippen LogP contribution in [0.5, 0.6) is 0 Å². The van der Waals surface area contributed by atoms with E-state index in [2.05, 4.69) is 5.32 Å². The number of aromatic nitrogens is 1. The van der Waals surface area contributed by atoms with Crippen LogP contribution >= 0.6 is 0 Å². The fraction of sp³-hybridized carbons (Fsp3) is 0.571. The Labute approximate surface area is 121 Å². The number of pyridine rings is 1. The van der Waals surface area contributed by atoms with Crippen molar-refractivity contribution in [3.05, 3.63) is 34.7 Å². The van der Waals surface area contributed by atoms with Gasteiger partial charge in [-0.3, -0.25) is 9.59 Å². The second-order valence-electron chi connectivity index (χ2n) is 5.32. The van der Waals surface area contributed by atoms with Crippen LogP contribution in [0.15, 0.2) is 29.2 Å². The number of carbonyl (C=O) groups excluding carboxylic acids is 1. The second-order valence-corrected chi connectivity index (χ2v) is 5.32. The van der Waals surface area contributed by atoms with E-state index in [4.69, 9.17) is 9.47 Å². The molecule has 2 saturated heterocycles. The van der Waals surface area contributed by atoms with Gasteiger partial charge in [0.15, 0.2) is 0 Å². The van der Waals surface area contributed by atoms with Gasteiger partial charge in [0.1, 0.15) is 18.3 Å². The minimum atomic E-state index is -0.625. The molecule has 21 heavy (non-hydrogen) atoms. The third kappa shape index (κ3) is 2.99. The van der Waals surface area contributed by atoms with Crippen LogP contribution in [0.4, 0.5) is 0 Å². The lowest BCUT2D eigenvalue weighted by atomic mass is 10.1. The summed E-state index contributed by atoms with van der Waals surface area (Å²) in [4.78, 5) is 23.5. The molecular formula is C14H18N2O5. The summed E-state index contributed by atoms with van der Waals surface area (Å²) in [6.45, 7) is 0.904. The first-order chi connectivity index (χ1) is 10.1. The number of fused-ring (bicyclic) bond motifs is 1. The smallest absolute Gasteiger partial charge is 0.250 e. The Morgan fingerprint density at radius 1 is 1.33 bits per heavy atom. The highest BCUT2D eigenvalue weighted by molar-refractivity contribution is 5.76. The van der Waals surface area contributed by atoms with E-state index in [0.29, 0.717) is 13.2 Å². The Morgan fingerprint density at radius 2 is 2.14 bits per heavy atom. The normalized spacial score (nSPS) is 31.1. The number of rotatable bonds is 4. The van der Waals surface area contributed by atoms with Crippen LogP contribution in [0, 0.1) is 0 Å². The number of hydrogen-bond acceptors (Lipinski definition) is 5. The molecule has 3 rings (SSSR count). The van der Waals surface area contributed by atoms with Gasteiger partial charge in [0.25, 0.3) is 5.56 Å². The zero-order valence-corrected chi connectivity index (χ0v) is 11.5. The Kier molecular flexibility index (Phi) is 4.05. The van der Waals surface area contributed by atoms with Crippen LogP contribution in [0.2, 0.25) is 0 Å². The molecule has 4 atom stereocenters. The average molecular weight is 294 g/mol. The maximum atomic E-state index is 12.0. The van der Waals surface area contributed by atoms with E-state index in [1.807, 2.05) is 0 Å². The minimum Gasteiger partial charge on any atom is -0.388 e. The van der Waals surface area contributed by atoms with Crippen molar-refractivity contribution in [2.24, 2.45) is 0 Å². The van der Waals surface area contributed by atoms with Gasteiger partial charge in [0.05, 0.1) is 19.3 Å². The van der Waals surface area contributed by atoms with Gasteiger partial charge in [0, 0.05) is 25.2 Å². The van der Waals surface area contributed by atoms with Gasteiger partial charge in [-0.15, -0.1) is 0 Å². The molecule has 7 heteroatoms. The van der Waals surface area contributed by atoms with E-state index in [1.165, 1.54) is 10.6 Å². The molecule has 0 saturated carbocycles. The van der Waals surface area contributed by atoms with Crippen LogP contribution in [-0.4, -0.2) is 53.1 Å². The third-order valence-electron chi connectivity index (χ3n) is 3.85. The summed E-state index contributed by atoms with van der Waals surface area (Å²) in [5.41, 5.74) is -0.128. The molecule has 0 unspecified atom stereocenters. The summed E-state index contributed by atoms with van der Waals surface area (Å²) in [5.74, 6) is -0.162. The molecule has 1 amide bonds. The molecule has 2 N–H and O–H groups in total. The first-order valence-electron chi connectivity index (χ1n) is 7.01. The molecule has 0 bridgehead atoms. The van der Waals surface area contributed by atoms with Crippen molar-refractivity contribution < 1.29 is 19.4 Å². The van der Waals surface area contributed by atoms with Crippen molar-refractivity contribution in [2.45, 2.75) is 37.3 Å². The Hall–Kier alpha value is -1.70. The lowest BCUT2D eigenvalue weighted by Gasteiger charge is -2.17. The molecule has 0 radical (unpaired) electrons. The Balaban J connectivity index is 1.51. The molecule has 0 spiro atoms. The zero-order valence-electron chi connectivity index (χ0n) is 11.5. The highest BCUT2D eigenvalue weighted by Crippen LogP contribution is 2.26. The van der Waals surface area contributed by atoms with Crippen molar-refractivity contribution in [2.75, 3.05) is 13.2 Å². The van der Waals surface area contributed by atoms with Gasteiger partial charge in [-0.1, -0.05) is 6.07 Å². The summed E-state index contributed by atoms with van der Waals surface area (Å²) in [6, 6.07) is 4.63. The first-order valence-corrected chi connectivity index (χ1v) is 7.01. The fourth-order valence-corrected chi connectivity index (χ4v) is 2.75. The first kappa shape index (κ1) is 14.2. The molecule has 3 heterocycles. The maximum Gasteiger partial charge on any atom is 0.250 e. The van der Waals surface area contributed by atoms with E-state index in [1.54, 1.807) is 18.3 Å². The van der Waals surface area contributed by atoms with E-state index in [-0.39, 0.29) is 42.7 Å². The van der Waals surface area contributed by atoms with Gasteiger partial charge in [0.2, 0.25) is 5.91 Å². The maximum absolute atomic E-state index is 12.0. The van der Waals surface area contributed by atoms with Crippen LogP contribution in [-0.2, 0) is 20.8 Å². The predicted molar refractivity (Wildman–Crippen MR) is 72.7 cm³/mol. The van der Waals surface area contributed by atoms with Crippen LogP contribution in [0.3, 0.4) is 0 Å². The number of aliphatic hydroxyl groups excluding tert-OH is 1. The number of amides is 1. The number of nitrogens with one attached hydrogen (secondary N) is 1. The molecule has 114 valence electrons. The molecule has 0 aromatic carbocycles. The van der Waals surface area contributed by atoms with Crippen LogP contribution in [0.1, 0.15) is 6.42 Å². The lowest BCUT2D eigenvalue weighted by Crippen LogP contribution is -2.44. The van der Waals surface area contributed by atoms with E-state index in [0.717, 1.165) is 0 Å². The largest absolute Gasteiger partial charge is 0.388 e. The van der Waals surface area contributed by atoms with E-state index >= 15 is 0 Å². The molecule has 7 nitrogen and oxygen atoms in total. The van der Waals surface area contributed by atoms with Gasteiger partial charge < -0.3 is 24.5 Å². The quantitative estimate of drug-likeness (QED) is 0.734. The SMILES string of the molecule is O=C(CCn1ccccc1=O)N[C@@H]1CO[C@H]2[C@@H]1OC[C@H]2O. The molecule has 2 fully saturated rings. The monoisotopic (exact) mass is 294 g/mol. The van der Waals surface area contributed by atoms with Gasteiger partial charge >= 0.3 is 0 Å². The molecule has 1 aromatic rings. The Morgan fingerprint density at radius 3 is 2.95 bits per heavy atom. The summed E-state index contributed by atoms with van der Waals surface area (Å²) in [5, 5.41) is 12.5. The summed E-state index contributed by atoms with van der Waals surface area (Å²) < 4.78 is 12.4. The van der Waals surface area contributed by atoms with Crippen molar-refractivity contribution in [1.82, 2.24) is 9.88 Å². The molecule has 2 aliphatic rings. The standard InChI is InChI=1S/C14H18N2O5/c17-10-8-21-13-9(7-20-14(10)13)15-11(18)4-6-16-5-2-1-3-12(16)19/h1-3,5,9-10,13-14,17H,4,6-8H2,(H,15,18)/t9-,10-,13-,14-/m1/s1. The third-order valence-corrected chi connectivity index (χ3v) is 3.85. The zero-order chi connectivity index (χ0) is 14.8. The van der Waals surface area contributed by atoms with E-state index < -0.39 is 6.10 Å². The molecular weight excluding hydrogens is 276 g/mol. The van der Waals surface area contributed by atoms with Gasteiger partial charge in [-0.05, 0) is 6.07 Å². The number of nitrogens with zero attached hydrogens (tertiary/aromatic N) is 1. The minimum absolute atomic E-state index is 0.128. The highest BCUT2D eigenvalue weighted by atomic mass is 16.6. The Bertz CT molecular complexity index is 572. The number of hydrogen-bond donors (Lipinski definition) is 2. The fourth-order valence-electron chi connectivity index (χ4n) is 2.75. The summed E-state index contributed by atoms with van der Waals surface area (Å²) >= 11 is 0.